The van der Waals surface area contributed by atoms with Gasteiger partial charge in [0.15, 0.2) is 0 Å². The van der Waals surface area contributed by atoms with E-state index in [9.17, 15) is 0 Å². The zero-order valence-electron chi connectivity index (χ0n) is 28.1. The molecule has 0 spiro atoms. The number of aryl methyl sites for hydroxylation is 6. The summed E-state index contributed by atoms with van der Waals surface area (Å²) in [5.41, 5.74) is 12.9. The van der Waals surface area contributed by atoms with E-state index in [1.165, 1.54) is 44.6 Å². The molecule has 49 heavy (non-hydrogen) atoms. The van der Waals surface area contributed by atoms with Gasteiger partial charge in [-0.05, 0) is 107 Å². The highest BCUT2D eigenvalue weighted by atomic mass is 16.5. The molecule has 0 saturated heterocycles. The minimum atomic E-state index is 0. The highest BCUT2D eigenvalue weighted by Gasteiger charge is 2.17. The van der Waals surface area contributed by atoms with Gasteiger partial charge in [0.25, 0.3) is 0 Å². The quantitative estimate of drug-likeness (QED) is 0.168. The van der Waals surface area contributed by atoms with Crippen LogP contribution in [0.25, 0.3) is 0 Å². The molecule has 0 bridgehead atoms. The number of ether oxygens (including phenoxy) is 1. The number of hydrogen-bond donors (Lipinski definition) is 1. The Hall–Kier alpha value is -4.61. The van der Waals surface area contributed by atoms with E-state index in [4.69, 9.17) is 4.74 Å². The first kappa shape index (κ1) is 46.5. The number of rotatable bonds is 8. The normalized spacial score (nSPS) is 10.3. The Kier molecular flexibility index (Phi) is 23.3. The summed E-state index contributed by atoms with van der Waals surface area (Å²) < 4.78 is 4.83. The fraction of sp³-hybridized carbons (Fsp3) is 0.341. The number of aliphatic imine (C=N–C) groups is 1. The van der Waals surface area contributed by atoms with Crippen molar-refractivity contribution >= 4 is 17.6 Å². The van der Waals surface area contributed by atoms with Gasteiger partial charge in [0.2, 0.25) is 0 Å². The second-order valence-corrected chi connectivity index (χ2v) is 11.1. The molecular weight excluding hydrogens is 601 g/mol. The predicted molar refractivity (Wildman–Crippen MR) is 218 cm³/mol. The van der Waals surface area contributed by atoms with E-state index >= 15 is 0 Å². The maximum absolute atomic E-state index is 4.83. The third kappa shape index (κ3) is 15.0. The number of anilines is 1. The molecule has 1 atom stereocenters. The summed E-state index contributed by atoms with van der Waals surface area (Å²) in [7, 11) is 0. The molecule has 266 valence electrons. The Labute approximate surface area is 300 Å². The summed E-state index contributed by atoms with van der Waals surface area (Å²) >= 11 is 0. The third-order valence-corrected chi connectivity index (χ3v) is 7.14. The lowest BCUT2D eigenvalue weighted by Gasteiger charge is -2.23. The molecule has 0 aliphatic carbocycles. The van der Waals surface area contributed by atoms with Crippen LogP contribution in [0.15, 0.2) is 108 Å². The van der Waals surface area contributed by atoms with Gasteiger partial charge in [-0.2, -0.15) is 0 Å². The molecule has 0 saturated carbocycles. The Morgan fingerprint density at radius 2 is 1.12 bits per heavy atom. The lowest BCUT2D eigenvalue weighted by atomic mass is 9.99. The molecule has 0 radical (unpaired) electrons. The minimum absolute atomic E-state index is 0. The molecule has 1 unspecified atom stereocenters. The maximum Gasteiger partial charge on any atom is 0.0940 e. The second kappa shape index (κ2) is 24.5. The highest BCUT2D eigenvalue weighted by Crippen LogP contribution is 2.30. The number of hydrogen-bond acceptors (Lipinski definition) is 5. The lowest BCUT2D eigenvalue weighted by molar-refractivity contribution is 0.162. The molecule has 5 nitrogen and oxygen atoms in total. The van der Waals surface area contributed by atoms with Gasteiger partial charge in [-0.1, -0.05) is 108 Å². The number of benzene rings is 3. The summed E-state index contributed by atoms with van der Waals surface area (Å²) in [5.74, 6) is 0. The topological polar surface area (TPSA) is 59.4 Å². The van der Waals surface area contributed by atoms with Crippen LogP contribution in [-0.4, -0.2) is 29.4 Å². The summed E-state index contributed by atoms with van der Waals surface area (Å²) in [6.45, 7) is 18.4. The molecule has 1 N–H and O–H groups in total. The maximum atomic E-state index is 4.83. The molecule has 2 heterocycles. The van der Waals surface area contributed by atoms with Crippen LogP contribution in [0, 0.1) is 41.5 Å². The molecule has 2 aromatic heterocycles. The molecule has 5 aromatic rings. The van der Waals surface area contributed by atoms with Crippen molar-refractivity contribution in [1.29, 1.82) is 0 Å². The molecule has 0 aliphatic heterocycles. The summed E-state index contributed by atoms with van der Waals surface area (Å²) in [4.78, 5) is 13.3. The van der Waals surface area contributed by atoms with Crippen molar-refractivity contribution in [3.8, 4) is 0 Å². The van der Waals surface area contributed by atoms with Crippen LogP contribution >= 0.6 is 0 Å². The van der Waals surface area contributed by atoms with Crippen LogP contribution in [0.5, 0.6) is 0 Å². The van der Waals surface area contributed by atoms with E-state index < -0.39 is 0 Å². The molecule has 0 fully saturated rings. The minimum Gasteiger partial charge on any atom is -0.382 e. The van der Waals surface area contributed by atoms with E-state index in [1.807, 2.05) is 62.7 Å². The van der Waals surface area contributed by atoms with Crippen molar-refractivity contribution in [2.45, 2.75) is 91.1 Å². The Bertz CT molecular complexity index is 1530. The molecule has 0 amide bonds. The first-order valence-corrected chi connectivity index (χ1v) is 15.6. The van der Waals surface area contributed by atoms with Crippen LogP contribution in [0.2, 0.25) is 0 Å². The van der Waals surface area contributed by atoms with Crippen LogP contribution < -0.4 is 5.32 Å². The van der Waals surface area contributed by atoms with Gasteiger partial charge >= 0.3 is 0 Å². The van der Waals surface area contributed by atoms with Gasteiger partial charge < -0.3 is 10.1 Å². The lowest BCUT2D eigenvalue weighted by Crippen LogP contribution is -2.15. The van der Waals surface area contributed by atoms with Crippen LogP contribution in [0.1, 0.15) is 99.9 Å². The van der Waals surface area contributed by atoms with Crippen molar-refractivity contribution < 1.29 is 4.74 Å². The first-order chi connectivity index (χ1) is 21.7. The average molecular weight is 665 g/mol. The number of nitrogens with zero attached hydrogens (tertiary/aromatic N) is 3. The number of nitrogens with one attached hydrogen (secondary N) is 1. The smallest absolute Gasteiger partial charge is 0.0940 e. The molecule has 5 rings (SSSR count). The monoisotopic (exact) mass is 665 g/mol. The van der Waals surface area contributed by atoms with Crippen molar-refractivity contribution in [3.05, 3.63) is 154 Å². The van der Waals surface area contributed by atoms with Crippen LogP contribution in [0.4, 0.5) is 11.4 Å². The van der Waals surface area contributed by atoms with Gasteiger partial charge in [0, 0.05) is 31.3 Å². The standard InChI is InChI=1S/C21H22N2.C15H16N2.C4H10O.4CH4/c1-15-13-16(2)20(17(3)14-15)23-21(18-9-5-4-6-10-18)19-11-7-8-12-22-19;1-11-8-12(2)15(13(3)9-11)17-10-14-6-4-5-7-16-14;1-3-5-4-2;;;;/h4-14,21,23H,1-3H3;4-10H,1-3H3;3-4H2,1-2H3;4*1H4. The van der Waals surface area contributed by atoms with Gasteiger partial charge in [0.05, 0.1) is 29.3 Å². The fourth-order valence-corrected chi connectivity index (χ4v) is 5.24. The van der Waals surface area contributed by atoms with Gasteiger partial charge in [-0.15, -0.1) is 0 Å². The van der Waals surface area contributed by atoms with Gasteiger partial charge in [-0.3, -0.25) is 15.0 Å². The average Bonchev–Trinajstić information content (AvgIpc) is 3.03. The summed E-state index contributed by atoms with van der Waals surface area (Å²) in [5, 5.41) is 3.71. The second-order valence-electron chi connectivity index (χ2n) is 11.1. The van der Waals surface area contributed by atoms with Crippen LogP contribution in [-0.2, 0) is 4.74 Å². The Morgan fingerprint density at radius 1 is 0.633 bits per heavy atom. The van der Waals surface area contributed by atoms with E-state index in [-0.39, 0.29) is 35.7 Å². The fourth-order valence-electron chi connectivity index (χ4n) is 5.24. The highest BCUT2D eigenvalue weighted by molar-refractivity contribution is 5.80. The largest absolute Gasteiger partial charge is 0.382 e. The van der Waals surface area contributed by atoms with Crippen molar-refractivity contribution in [2.75, 3.05) is 18.5 Å². The Morgan fingerprint density at radius 3 is 1.57 bits per heavy atom. The number of pyridine rings is 2. The first-order valence-electron chi connectivity index (χ1n) is 15.6. The summed E-state index contributed by atoms with van der Waals surface area (Å²) in [6, 6.07) is 31.1. The van der Waals surface area contributed by atoms with Gasteiger partial charge in [0.1, 0.15) is 0 Å². The van der Waals surface area contributed by atoms with E-state index in [2.05, 4.69) is 116 Å². The molecular formula is C44H64N4O. The van der Waals surface area contributed by atoms with E-state index in [1.54, 1.807) is 6.20 Å². The van der Waals surface area contributed by atoms with Crippen molar-refractivity contribution in [1.82, 2.24) is 9.97 Å². The van der Waals surface area contributed by atoms with Crippen molar-refractivity contribution in [2.24, 2.45) is 4.99 Å². The third-order valence-electron chi connectivity index (χ3n) is 7.14. The zero-order chi connectivity index (χ0) is 32.6. The van der Waals surface area contributed by atoms with Gasteiger partial charge in [-0.25, -0.2) is 0 Å². The number of aromatic nitrogens is 2. The van der Waals surface area contributed by atoms with Crippen LogP contribution in [0.3, 0.4) is 0 Å². The molecule has 0 aliphatic rings. The summed E-state index contributed by atoms with van der Waals surface area (Å²) in [6.07, 6.45) is 5.43. The SMILES string of the molecule is C.C.C.C.CCOCC.Cc1cc(C)c(N=Cc2ccccn2)c(C)c1.Cc1cc(C)c(NC(c2ccccc2)c2ccccn2)c(C)c1. The zero-order valence-corrected chi connectivity index (χ0v) is 28.1. The van der Waals surface area contributed by atoms with E-state index in [0.717, 1.165) is 30.3 Å². The molecule has 5 heteroatoms. The Balaban J connectivity index is 0. The molecule has 3 aromatic carbocycles. The van der Waals surface area contributed by atoms with Crippen molar-refractivity contribution in [3.63, 3.8) is 0 Å². The predicted octanol–water partition coefficient (Wildman–Crippen LogP) is 12.6. The van der Waals surface area contributed by atoms with E-state index in [0.29, 0.717) is 0 Å².